The summed E-state index contributed by atoms with van der Waals surface area (Å²) in [5.41, 5.74) is 3.44. The van der Waals surface area contributed by atoms with Gasteiger partial charge >= 0.3 is 0 Å². The second kappa shape index (κ2) is 6.64. The van der Waals surface area contributed by atoms with Gasteiger partial charge in [0, 0.05) is 31.5 Å². The van der Waals surface area contributed by atoms with Gasteiger partial charge in [-0.2, -0.15) is 0 Å². The van der Waals surface area contributed by atoms with Gasteiger partial charge in [-0.25, -0.2) is 15.0 Å². The zero-order chi connectivity index (χ0) is 17.4. The number of nitrogens with zero attached hydrogens (tertiary/aromatic N) is 4. The Kier molecular flexibility index (Phi) is 4.34. The van der Waals surface area contributed by atoms with Crippen molar-refractivity contribution in [2.45, 2.75) is 39.0 Å². The van der Waals surface area contributed by atoms with Crippen LogP contribution >= 0.6 is 11.6 Å². The molecule has 0 spiro atoms. The third-order valence-electron chi connectivity index (χ3n) is 4.91. The molecule has 0 radical (unpaired) electrons. The van der Waals surface area contributed by atoms with Gasteiger partial charge in [-0.05, 0) is 37.5 Å². The van der Waals surface area contributed by atoms with Crippen LogP contribution in [0.4, 0.5) is 5.82 Å². The van der Waals surface area contributed by atoms with Crippen LogP contribution in [0.5, 0.6) is 0 Å². The smallest absolute Gasteiger partial charge is 0.134 e. The summed E-state index contributed by atoms with van der Waals surface area (Å²) in [4.78, 5) is 19.5. The highest BCUT2D eigenvalue weighted by Crippen LogP contribution is 2.30. The summed E-state index contributed by atoms with van der Waals surface area (Å²) in [7, 11) is 0. The molecule has 5 nitrogen and oxygen atoms in total. The number of anilines is 1. The van der Waals surface area contributed by atoms with Gasteiger partial charge in [-0.15, -0.1) is 0 Å². The third kappa shape index (κ3) is 3.33. The second-order valence-electron chi connectivity index (χ2n) is 6.72. The van der Waals surface area contributed by atoms with E-state index in [-0.39, 0.29) is 0 Å². The molecular formula is C19H22ClN5. The van der Waals surface area contributed by atoms with Crippen molar-refractivity contribution in [3.63, 3.8) is 0 Å². The zero-order valence-electron chi connectivity index (χ0n) is 14.6. The Morgan fingerprint density at radius 3 is 2.72 bits per heavy atom. The van der Waals surface area contributed by atoms with E-state index in [1.807, 2.05) is 13.0 Å². The number of halogens is 1. The maximum atomic E-state index is 6.14. The zero-order valence-corrected chi connectivity index (χ0v) is 15.3. The summed E-state index contributed by atoms with van der Waals surface area (Å²) in [6.07, 6.45) is 2.91. The van der Waals surface area contributed by atoms with Gasteiger partial charge in [0.2, 0.25) is 0 Å². The van der Waals surface area contributed by atoms with E-state index in [0.29, 0.717) is 11.1 Å². The number of aryl methyl sites for hydroxylation is 2. The van der Waals surface area contributed by atoms with Crippen molar-refractivity contribution in [2.24, 2.45) is 0 Å². The lowest BCUT2D eigenvalue weighted by Gasteiger charge is -2.32. The molecule has 130 valence electrons. The van der Waals surface area contributed by atoms with Crippen molar-refractivity contribution in [2.75, 3.05) is 18.0 Å². The molecule has 0 unspecified atom stereocenters. The molecule has 6 heteroatoms. The molecule has 1 fully saturated rings. The second-order valence-corrected chi connectivity index (χ2v) is 7.11. The Morgan fingerprint density at radius 1 is 1.16 bits per heavy atom. The van der Waals surface area contributed by atoms with Gasteiger partial charge in [0.05, 0.1) is 11.0 Å². The quantitative estimate of drug-likeness (QED) is 0.713. The molecule has 1 N–H and O–H groups in total. The van der Waals surface area contributed by atoms with Crippen molar-refractivity contribution >= 4 is 28.5 Å². The average molecular weight is 356 g/mol. The summed E-state index contributed by atoms with van der Waals surface area (Å²) in [6, 6.07) is 8.23. The van der Waals surface area contributed by atoms with Gasteiger partial charge in [0.1, 0.15) is 22.6 Å². The standard InChI is InChI=1S/C19H22ClN5/c1-3-17-23-16(20)11-18(24-17)25-8-6-13(7-9-25)19-21-14-5-4-12(2)10-15(14)22-19/h4-5,10-11,13H,3,6-9H2,1-2H3,(H,21,22). The lowest BCUT2D eigenvalue weighted by Crippen LogP contribution is -2.34. The van der Waals surface area contributed by atoms with Crippen molar-refractivity contribution in [3.8, 4) is 0 Å². The molecule has 1 saturated heterocycles. The molecule has 0 amide bonds. The highest BCUT2D eigenvalue weighted by Gasteiger charge is 2.24. The lowest BCUT2D eigenvalue weighted by molar-refractivity contribution is 0.486. The number of piperidine rings is 1. The van der Waals surface area contributed by atoms with Gasteiger partial charge in [0.15, 0.2) is 0 Å². The Morgan fingerprint density at radius 2 is 1.96 bits per heavy atom. The van der Waals surface area contributed by atoms with Gasteiger partial charge in [-0.1, -0.05) is 24.6 Å². The largest absolute Gasteiger partial charge is 0.356 e. The fourth-order valence-corrected chi connectivity index (χ4v) is 3.69. The maximum absolute atomic E-state index is 6.14. The SMILES string of the molecule is CCc1nc(Cl)cc(N2CCC(c3nc4ccc(C)cc4[nH]3)CC2)n1. The van der Waals surface area contributed by atoms with Crippen LogP contribution in [-0.4, -0.2) is 33.0 Å². The molecule has 1 aliphatic heterocycles. The molecule has 3 aromatic rings. The number of H-pyrrole nitrogens is 1. The fraction of sp³-hybridized carbons (Fsp3) is 0.421. The van der Waals surface area contributed by atoms with Gasteiger partial charge in [-0.3, -0.25) is 0 Å². The summed E-state index contributed by atoms with van der Waals surface area (Å²) < 4.78 is 0. The van der Waals surface area contributed by atoms with Crippen LogP contribution < -0.4 is 4.90 Å². The predicted octanol–water partition coefficient (Wildman–Crippen LogP) is 4.26. The Bertz CT molecular complexity index is 896. The van der Waals surface area contributed by atoms with E-state index in [2.05, 4.69) is 45.0 Å². The first-order valence-corrected chi connectivity index (χ1v) is 9.25. The number of benzene rings is 1. The first kappa shape index (κ1) is 16.3. The van der Waals surface area contributed by atoms with Crippen LogP contribution in [0.25, 0.3) is 11.0 Å². The highest BCUT2D eigenvalue weighted by atomic mass is 35.5. The molecule has 4 rings (SSSR count). The minimum absolute atomic E-state index is 0.465. The summed E-state index contributed by atoms with van der Waals surface area (Å²) in [6.45, 7) is 6.06. The van der Waals surface area contributed by atoms with Crippen LogP contribution in [0.3, 0.4) is 0 Å². The molecule has 3 heterocycles. The third-order valence-corrected chi connectivity index (χ3v) is 5.10. The van der Waals surface area contributed by atoms with Crippen molar-refractivity contribution in [1.29, 1.82) is 0 Å². The number of nitrogens with one attached hydrogen (secondary N) is 1. The van der Waals surface area contributed by atoms with E-state index in [4.69, 9.17) is 16.6 Å². The number of hydrogen-bond donors (Lipinski definition) is 1. The first-order chi connectivity index (χ1) is 12.1. The number of imidazole rings is 1. The van der Waals surface area contributed by atoms with E-state index < -0.39 is 0 Å². The predicted molar refractivity (Wildman–Crippen MR) is 101 cm³/mol. The number of aromatic nitrogens is 4. The molecule has 0 atom stereocenters. The Labute approximate surface area is 152 Å². The number of aromatic amines is 1. The Balaban J connectivity index is 1.49. The average Bonchev–Trinajstić information content (AvgIpc) is 3.04. The highest BCUT2D eigenvalue weighted by molar-refractivity contribution is 6.29. The minimum atomic E-state index is 0.465. The first-order valence-electron chi connectivity index (χ1n) is 8.87. The maximum Gasteiger partial charge on any atom is 0.134 e. The fourth-order valence-electron chi connectivity index (χ4n) is 3.49. The van der Waals surface area contributed by atoms with Crippen molar-refractivity contribution in [1.82, 2.24) is 19.9 Å². The summed E-state index contributed by atoms with van der Waals surface area (Å²) in [5, 5.41) is 0.525. The molecule has 1 aromatic carbocycles. The molecule has 0 bridgehead atoms. The van der Waals surface area contributed by atoms with Crippen LogP contribution in [0.1, 0.15) is 42.9 Å². The minimum Gasteiger partial charge on any atom is -0.356 e. The van der Waals surface area contributed by atoms with Crippen molar-refractivity contribution in [3.05, 3.63) is 46.6 Å². The number of hydrogen-bond acceptors (Lipinski definition) is 4. The molecule has 0 saturated carbocycles. The monoisotopic (exact) mass is 355 g/mol. The lowest BCUT2D eigenvalue weighted by atomic mass is 9.96. The van der Waals surface area contributed by atoms with Crippen LogP contribution in [0.2, 0.25) is 5.15 Å². The number of fused-ring (bicyclic) bond motifs is 1. The van der Waals surface area contributed by atoms with Gasteiger partial charge in [0.25, 0.3) is 0 Å². The molecule has 0 aliphatic carbocycles. The molecule has 1 aliphatic rings. The normalized spacial score (nSPS) is 15.9. The van der Waals surface area contributed by atoms with Gasteiger partial charge < -0.3 is 9.88 Å². The number of rotatable bonds is 3. The summed E-state index contributed by atoms with van der Waals surface area (Å²) in [5.74, 6) is 3.31. The van der Waals surface area contributed by atoms with E-state index in [0.717, 1.165) is 60.9 Å². The molecule has 2 aromatic heterocycles. The topological polar surface area (TPSA) is 57.7 Å². The van der Waals surface area contributed by atoms with Crippen LogP contribution in [0, 0.1) is 6.92 Å². The van der Waals surface area contributed by atoms with E-state index in [9.17, 15) is 0 Å². The van der Waals surface area contributed by atoms with Crippen LogP contribution in [0.15, 0.2) is 24.3 Å². The summed E-state index contributed by atoms with van der Waals surface area (Å²) >= 11 is 6.14. The van der Waals surface area contributed by atoms with Crippen molar-refractivity contribution < 1.29 is 0 Å². The van der Waals surface area contributed by atoms with E-state index in [1.54, 1.807) is 0 Å². The van der Waals surface area contributed by atoms with E-state index in [1.165, 1.54) is 5.56 Å². The van der Waals surface area contributed by atoms with Crippen LogP contribution in [-0.2, 0) is 6.42 Å². The Hall–Kier alpha value is -2.14. The molecule has 25 heavy (non-hydrogen) atoms. The molecular weight excluding hydrogens is 334 g/mol. The van der Waals surface area contributed by atoms with E-state index >= 15 is 0 Å².